The summed E-state index contributed by atoms with van der Waals surface area (Å²) in [7, 11) is 0. The molecule has 0 radical (unpaired) electrons. The summed E-state index contributed by atoms with van der Waals surface area (Å²) in [5, 5.41) is 1.11. The van der Waals surface area contributed by atoms with Gasteiger partial charge in [0.2, 0.25) is 5.91 Å². The summed E-state index contributed by atoms with van der Waals surface area (Å²) in [5.74, 6) is -0.166. The molecule has 1 atom stereocenters. The van der Waals surface area contributed by atoms with Crippen LogP contribution in [0.4, 0.5) is 5.69 Å². The van der Waals surface area contributed by atoms with Crippen molar-refractivity contribution >= 4 is 22.5 Å². The minimum Gasteiger partial charge on any atom is -0.371 e. The second-order valence-electron chi connectivity index (χ2n) is 6.74. The Hall–Kier alpha value is -2.21. The number of hydrogen-bond acceptors (Lipinski definition) is 5. The second kappa shape index (κ2) is 6.36. The molecule has 0 bridgehead atoms. The topological polar surface area (TPSA) is 75.4 Å². The van der Waals surface area contributed by atoms with Crippen LogP contribution in [0, 0.1) is 0 Å². The van der Waals surface area contributed by atoms with Gasteiger partial charge in [-0.2, -0.15) is 0 Å². The first-order valence-electron chi connectivity index (χ1n) is 8.73. The maximum atomic E-state index is 11.6. The van der Waals surface area contributed by atoms with Crippen molar-refractivity contribution in [3.05, 3.63) is 30.7 Å². The molecule has 2 saturated heterocycles. The number of likely N-dealkylation sites (tertiary alicyclic amines) is 1. The molecule has 2 fully saturated rings. The first kappa shape index (κ1) is 15.3. The van der Waals surface area contributed by atoms with E-state index in [-0.39, 0.29) is 11.9 Å². The largest absolute Gasteiger partial charge is 0.371 e. The lowest BCUT2D eigenvalue weighted by Gasteiger charge is -2.39. The molecule has 2 aromatic heterocycles. The number of hydrogen-bond donors (Lipinski definition) is 1. The van der Waals surface area contributed by atoms with Gasteiger partial charge in [-0.25, -0.2) is 0 Å². The van der Waals surface area contributed by atoms with Gasteiger partial charge in [0.1, 0.15) is 0 Å². The van der Waals surface area contributed by atoms with Crippen molar-refractivity contribution in [3.63, 3.8) is 0 Å². The third kappa shape index (κ3) is 2.71. The number of carbonyl (C=O) groups is 1. The van der Waals surface area contributed by atoms with Crippen molar-refractivity contribution in [1.82, 2.24) is 14.9 Å². The van der Waals surface area contributed by atoms with E-state index in [1.54, 1.807) is 6.20 Å². The second-order valence-corrected chi connectivity index (χ2v) is 6.74. The van der Waals surface area contributed by atoms with Gasteiger partial charge in [0, 0.05) is 48.8 Å². The van der Waals surface area contributed by atoms with Crippen molar-refractivity contribution in [2.24, 2.45) is 5.73 Å². The van der Waals surface area contributed by atoms with Crippen LogP contribution in [-0.2, 0) is 4.79 Å². The van der Waals surface area contributed by atoms with Crippen molar-refractivity contribution in [3.8, 4) is 0 Å². The number of anilines is 1. The lowest BCUT2D eigenvalue weighted by Crippen LogP contribution is -2.50. The Balaban J connectivity index is 1.49. The Morgan fingerprint density at radius 2 is 1.96 bits per heavy atom. The zero-order chi connectivity index (χ0) is 16.5. The third-order valence-corrected chi connectivity index (χ3v) is 5.42. The van der Waals surface area contributed by atoms with Gasteiger partial charge in [0.25, 0.3) is 0 Å². The quantitative estimate of drug-likeness (QED) is 0.926. The summed E-state index contributed by atoms with van der Waals surface area (Å²) in [6.45, 7) is 2.97. The molecule has 6 nitrogen and oxygen atoms in total. The van der Waals surface area contributed by atoms with Gasteiger partial charge in [0.05, 0.1) is 11.6 Å². The molecule has 1 unspecified atom stereocenters. The van der Waals surface area contributed by atoms with Crippen molar-refractivity contribution < 1.29 is 4.79 Å². The zero-order valence-corrected chi connectivity index (χ0v) is 13.8. The summed E-state index contributed by atoms with van der Waals surface area (Å²) in [6, 6.07) is 4.43. The zero-order valence-electron chi connectivity index (χ0n) is 13.8. The van der Waals surface area contributed by atoms with E-state index in [0.717, 1.165) is 56.2 Å². The fourth-order valence-electron chi connectivity index (χ4n) is 4.22. The van der Waals surface area contributed by atoms with Gasteiger partial charge in [-0.1, -0.05) is 0 Å². The molecule has 1 amide bonds. The molecule has 6 heteroatoms. The van der Waals surface area contributed by atoms with Crippen LogP contribution in [0.3, 0.4) is 0 Å². The summed E-state index contributed by atoms with van der Waals surface area (Å²) in [6.07, 6.45) is 9.66. The molecule has 24 heavy (non-hydrogen) atoms. The average molecular weight is 325 g/mol. The lowest BCUT2D eigenvalue weighted by atomic mass is 10.0. The Morgan fingerprint density at radius 1 is 1.12 bits per heavy atom. The first-order valence-corrected chi connectivity index (χ1v) is 8.73. The molecular formula is C18H23N5O. The van der Waals surface area contributed by atoms with Gasteiger partial charge in [-0.3, -0.25) is 19.7 Å². The van der Waals surface area contributed by atoms with Crippen LogP contribution < -0.4 is 10.6 Å². The summed E-state index contributed by atoms with van der Waals surface area (Å²) in [5.41, 5.74) is 7.76. The summed E-state index contributed by atoms with van der Waals surface area (Å²) < 4.78 is 0. The van der Waals surface area contributed by atoms with E-state index in [2.05, 4.69) is 25.8 Å². The van der Waals surface area contributed by atoms with Gasteiger partial charge in [-0.15, -0.1) is 0 Å². The van der Waals surface area contributed by atoms with E-state index in [4.69, 9.17) is 5.73 Å². The highest BCUT2D eigenvalue weighted by molar-refractivity contribution is 5.90. The SMILES string of the molecule is NC(=O)C1CCCN1C1CCN(c2ccnc3ccncc23)CC1. The Kier molecular flexibility index (Phi) is 4.06. The lowest BCUT2D eigenvalue weighted by molar-refractivity contribution is -0.123. The molecule has 0 aromatic carbocycles. The number of pyridine rings is 2. The maximum absolute atomic E-state index is 11.6. The average Bonchev–Trinajstić information content (AvgIpc) is 3.11. The fraction of sp³-hybridized carbons (Fsp3) is 0.500. The molecule has 0 saturated carbocycles. The molecule has 126 valence electrons. The van der Waals surface area contributed by atoms with Crippen LogP contribution >= 0.6 is 0 Å². The van der Waals surface area contributed by atoms with Crippen LogP contribution in [0.2, 0.25) is 0 Å². The number of rotatable bonds is 3. The van der Waals surface area contributed by atoms with Crippen LogP contribution in [0.1, 0.15) is 25.7 Å². The minimum atomic E-state index is -0.166. The van der Waals surface area contributed by atoms with Gasteiger partial charge >= 0.3 is 0 Å². The van der Waals surface area contributed by atoms with E-state index in [1.807, 2.05) is 18.5 Å². The number of nitrogens with zero attached hydrogens (tertiary/aromatic N) is 4. The number of amides is 1. The van der Waals surface area contributed by atoms with Crippen molar-refractivity contribution in [2.45, 2.75) is 37.8 Å². The van der Waals surface area contributed by atoms with Gasteiger partial charge in [-0.05, 0) is 44.4 Å². The highest BCUT2D eigenvalue weighted by atomic mass is 16.1. The van der Waals surface area contributed by atoms with Gasteiger partial charge in [0.15, 0.2) is 0 Å². The van der Waals surface area contributed by atoms with Gasteiger partial charge < -0.3 is 10.6 Å². The van der Waals surface area contributed by atoms with Crippen LogP contribution in [0.25, 0.3) is 10.9 Å². The van der Waals surface area contributed by atoms with Crippen LogP contribution in [0.5, 0.6) is 0 Å². The number of primary amides is 1. The monoisotopic (exact) mass is 325 g/mol. The fourth-order valence-corrected chi connectivity index (χ4v) is 4.22. The van der Waals surface area contributed by atoms with Crippen LogP contribution in [-0.4, -0.2) is 52.5 Å². The normalized spacial score (nSPS) is 23.0. The minimum absolute atomic E-state index is 0.0625. The highest BCUT2D eigenvalue weighted by Crippen LogP contribution is 2.30. The Labute approximate surface area is 141 Å². The third-order valence-electron chi connectivity index (χ3n) is 5.42. The smallest absolute Gasteiger partial charge is 0.234 e. The number of aromatic nitrogens is 2. The number of nitrogens with two attached hydrogens (primary N) is 1. The van der Waals surface area contributed by atoms with Crippen LogP contribution in [0.15, 0.2) is 30.7 Å². The molecule has 4 rings (SSSR count). The molecule has 2 aliphatic heterocycles. The number of carbonyl (C=O) groups excluding carboxylic acids is 1. The summed E-state index contributed by atoms with van der Waals surface area (Å²) >= 11 is 0. The number of piperidine rings is 1. The molecular weight excluding hydrogens is 302 g/mol. The highest BCUT2D eigenvalue weighted by Gasteiger charge is 2.35. The van der Waals surface area contributed by atoms with Crippen molar-refractivity contribution in [2.75, 3.05) is 24.5 Å². The maximum Gasteiger partial charge on any atom is 0.234 e. The standard InChI is InChI=1S/C18H23N5O/c19-18(24)17-2-1-9-23(17)13-5-10-22(11-6-13)16-4-8-21-15-3-7-20-12-14(15)16/h3-4,7-8,12-13,17H,1-2,5-6,9-11H2,(H2,19,24). The molecule has 2 aliphatic rings. The Bertz CT molecular complexity index is 736. The molecule has 2 N–H and O–H groups in total. The van der Waals surface area contributed by atoms with Crippen molar-refractivity contribution in [1.29, 1.82) is 0 Å². The Morgan fingerprint density at radius 3 is 2.75 bits per heavy atom. The van der Waals surface area contributed by atoms with E-state index in [1.165, 1.54) is 5.69 Å². The molecule has 2 aromatic rings. The first-order chi connectivity index (χ1) is 11.7. The predicted octanol–water partition coefficient (Wildman–Crippen LogP) is 1.55. The van der Waals surface area contributed by atoms with E-state index in [9.17, 15) is 4.79 Å². The number of fused-ring (bicyclic) bond motifs is 1. The van der Waals surface area contributed by atoms with E-state index < -0.39 is 0 Å². The predicted molar refractivity (Wildman–Crippen MR) is 93.7 cm³/mol. The van der Waals surface area contributed by atoms with E-state index >= 15 is 0 Å². The molecule has 0 spiro atoms. The van der Waals surface area contributed by atoms with E-state index in [0.29, 0.717) is 6.04 Å². The molecule has 0 aliphatic carbocycles. The summed E-state index contributed by atoms with van der Waals surface area (Å²) in [4.78, 5) is 25.1. The molecule has 4 heterocycles.